The van der Waals surface area contributed by atoms with Gasteiger partial charge in [0.25, 0.3) is 0 Å². The molecule has 5 nitrogen and oxygen atoms in total. The molecular formula is C16H15N3O2S. The number of aromatic nitrogens is 1. The van der Waals surface area contributed by atoms with Crippen molar-refractivity contribution in [1.82, 2.24) is 4.98 Å². The molecule has 0 saturated carbocycles. The number of hydrogen-bond donors (Lipinski definition) is 2. The number of fused-ring (bicyclic) bond motifs is 1. The Bertz CT molecular complexity index is 750. The van der Waals surface area contributed by atoms with Crippen LogP contribution in [0.5, 0.6) is 5.75 Å². The number of urea groups is 1. The van der Waals surface area contributed by atoms with Crippen LogP contribution in [-0.2, 0) is 0 Å². The van der Waals surface area contributed by atoms with Crippen molar-refractivity contribution in [3.05, 3.63) is 48.5 Å². The smallest absolute Gasteiger partial charge is 0.325 e. The predicted octanol–water partition coefficient (Wildman–Crippen LogP) is 4.34. The topological polar surface area (TPSA) is 63.2 Å². The number of rotatable bonds is 4. The average Bonchev–Trinajstić information content (AvgIpc) is 2.91. The van der Waals surface area contributed by atoms with E-state index in [-0.39, 0.29) is 6.03 Å². The normalized spacial score (nSPS) is 10.4. The molecule has 2 aromatic carbocycles. The van der Waals surface area contributed by atoms with Crippen molar-refractivity contribution in [2.75, 3.05) is 17.2 Å². The number of para-hydroxylation sites is 1. The third-order valence-corrected chi connectivity index (χ3v) is 3.89. The van der Waals surface area contributed by atoms with Gasteiger partial charge in [-0.2, -0.15) is 0 Å². The minimum absolute atomic E-state index is 0.316. The molecular weight excluding hydrogens is 298 g/mol. The Morgan fingerprint density at radius 1 is 1.14 bits per heavy atom. The predicted molar refractivity (Wildman–Crippen MR) is 89.9 cm³/mol. The fourth-order valence-corrected chi connectivity index (χ4v) is 2.85. The van der Waals surface area contributed by atoms with Gasteiger partial charge in [0, 0.05) is 5.69 Å². The van der Waals surface area contributed by atoms with Gasteiger partial charge in [-0.25, -0.2) is 9.78 Å². The van der Waals surface area contributed by atoms with Gasteiger partial charge in [0.05, 0.1) is 16.8 Å². The van der Waals surface area contributed by atoms with Crippen molar-refractivity contribution in [3.63, 3.8) is 0 Å². The first-order valence-electron chi connectivity index (χ1n) is 6.91. The molecule has 1 heterocycles. The molecule has 22 heavy (non-hydrogen) atoms. The molecule has 112 valence electrons. The zero-order chi connectivity index (χ0) is 15.4. The van der Waals surface area contributed by atoms with E-state index in [0.29, 0.717) is 17.4 Å². The standard InChI is InChI=1S/C16H15N3O2S/c1-2-21-12-9-7-11(8-10-12)17-15(20)19-16-18-13-5-3-4-6-14(13)22-16/h3-10H,2H2,1H3,(H2,17,18,19,20). The summed E-state index contributed by atoms with van der Waals surface area (Å²) in [7, 11) is 0. The zero-order valence-corrected chi connectivity index (χ0v) is 12.8. The maximum Gasteiger partial charge on any atom is 0.325 e. The summed E-state index contributed by atoms with van der Waals surface area (Å²) in [6.45, 7) is 2.54. The Morgan fingerprint density at radius 2 is 1.91 bits per heavy atom. The number of nitrogens with one attached hydrogen (secondary N) is 2. The van der Waals surface area contributed by atoms with Crippen molar-refractivity contribution in [2.45, 2.75) is 6.92 Å². The van der Waals surface area contributed by atoms with Gasteiger partial charge in [0.15, 0.2) is 5.13 Å². The van der Waals surface area contributed by atoms with E-state index >= 15 is 0 Å². The van der Waals surface area contributed by atoms with Crippen molar-refractivity contribution in [3.8, 4) is 5.75 Å². The van der Waals surface area contributed by atoms with E-state index in [1.54, 1.807) is 12.1 Å². The number of thiazole rings is 1. The molecule has 0 saturated heterocycles. The van der Waals surface area contributed by atoms with Crippen LogP contribution < -0.4 is 15.4 Å². The maximum atomic E-state index is 12.0. The van der Waals surface area contributed by atoms with Crippen LogP contribution in [0.1, 0.15) is 6.92 Å². The third kappa shape index (κ3) is 3.35. The van der Waals surface area contributed by atoms with Crippen LogP contribution >= 0.6 is 11.3 Å². The second kappa shape index (κ2) is 6.44. The quantitative estimate of drug-likeness (QED) is 0.753. The number of carbonyl (C=O) groups is 1. The SMILES string of the molecule is CCOc1ccc(NC(=O)Nc2nc3ccccc3s2)cc1. The van der Waals surface area contributed by atoms with E-state index in [2.05, 4.69) is 15.6 Å². The van der Waals surface area contributed by atoms with Crippen LogP contribution in [0.2, 0.25) is 0 Å². The molecule has 0 aliphatic carbocycles. The zero-order valence-electron chi connectivity index (χ0n) is 12.0. The molecule has 3 aromatic rings. The van der Waals surface area contributed by atoms with E-state index < -0.39 is 0 Å². The van der Waals surface area contributed by atoms with Gasteiger partial charge in [-0.15, -0.1) is 0 Å². The van der Waals surface area contributed by atoms with E-state index in [1.165, 1.54) is 11.3 Å². The minimum Gasteiger partial charge on any atom is -0.494 e. The summed E-state index contributed by atoms with van der Waals surface area (Å²) < 4.78 is 6.40. The summed E-state index contributed by atoms with van der Waals surface area (Å²) in [5, 5.41) is 6.08. The molecule has 1 aromatic heterocycles. The Balaban J connectivity index is 1.64. The van der Waals surface area contributed by atoms with Gasteiger partial charge in [0.1, 0.15) is 5.75 Å². The van der Waals surface area contributed by atoms with Crippen molar-refractivity contribution < 1.29 is 9.53 Å². The lowest BCUT2D eigenvalue weighted by atomic mass is 10.3. The Morgan fingerprint density at radius 3 is 2.64 bits per heavy atom. The van der Waals surface area contributed by atoms with Crippen LogP contribution in [-0.4, -0.2) is 17.6 Å². The lowest BCUT2D eigenvalue weighted by molar-refractivity contribution is 0.262. The highest BCUT2D eigenvalue weighted by atomic mass is 32.1. The second-order valence-corrected chi connectivity index (χ2v) is 5.55. The molecule has 2 amide bonds. The lowest BCUT2D eigenvalue weighted by Gasteiger charge is -2.07. The lowest BCUT2D eigenvalue weighted by Crippen LogP contribution is -2.19. The minimum atomic E-state index is -0.316. The van der Waals surface area contributed by atoms with Gasteiger partial charge < -0.3 is 10.1 Å². The van der Waals surface area contributed by atoms with Gasteiger partial charge >= 0.3 is 6.03 Å². The number of ether oxygens (including phenoxy) is 1. The molecule has 0 aliphatic heterocycles. The number of amides is 2. The highest BCUT2D eigenvalue weighted by Gasteiger charge is 2.07. The van der Waals surface area contributed by atoms with Crippen molar-refractivity contribution >= 4 is 38.4 Å². The molecule has 0 unspecified atom stereocenters. The maximum absolute atomic E-state index is 12.0. The van der Waals surface area contributed by atoms with E-state index in [4.69, 9.17) is 4.74 Å². The summed E-state index contributed by atoms with van der Waals surface area (Å²) >= 11 is 1.44. The second-order valence-electron chi connectivity index (χ2n) is 4.52. The Hall–Kier alpha value is -2.60. The first-order chi connectivity index (χ1) is 10.7. The first kappa shape index (κ1) is 14.3. The number of hydrogen-bond acceptors (Lipinski definition) is 4. The van der Waals surface area contributed by atoms with Crippen LogP contribution in [0.25, 0.3) is 10.2 Å². The van der Waals surface area contributed by atoms with Crippen molar-refractivity contribution in [2.24, 2.45) is 0 Å². The van der Waals surface area contributed by atoms with Crippen LogP contribution in [0.3, 0.4) is 0 Å². The summed E-state index contributed by atoms with van der Waals surface area (Å²) in [6, 6.07) is 14.7. The highest BCUT2D eigenvalue weighted by Crippen LogP contribution is 2.25. The largest absolute Gasteiger partial charge is 0.494 e. The van der Waals surface area contributed by atoms with Gasteiger partial charge in [0.2, 0.25) is 0 Å². The number of nitrogens with zero attached hydrogens (tertiary/aromatic N) is 1. The number of carbonyl (C=O) groups excluding carboxylic acids is 1. The van der Waals surface area contributed by atoms with Gasteiger partial charge in [-0.05, 0) is 43.3 Å². The molecule has 2 N–H and O–H groups in total. The average molecular weight is 313 g/mol. The number of anilines is 2. The third-order valence-electron chi connectivity index (χ3n) is 2.94. The van der Waals surface area contributed by atoms with E-state index in [1.807, 2.05) is 43.3 Å². The summed E-state index contributed by atoms with van der Waals surface area (Å²) in [5.74, 6) is 0.777. The highest BCUT2D eigenvalue weighted by molar-refractivity contribution is 7.22. The molecule has 0 fully saturated rings. The van der Waals surface area contributed by atoms with E-state index in [9.17, 15) is 4.79 Å². The molecule has 0 aliphatic rings. The Labute approximate surface area is 131 Å². The van der Waals surface area contributed by atoms with Crippen LogP contribution in [0.15, 0.2) is 48.5 Å². The van der Waals surface area contributed by atoms with Crippen LogP contribution in [0, 0.1) is 0 Å². The summed E-state index contributed by atoms with van der Waals surface area (Å²) in [5.41, 5.74) is 1.57. The first-order valence-corrected chi connectivity index (χ1v) is 7.72. The molecule has 0 spiro atoms. The molecule has 0 radical (unpaired) electrons. The van der Waals surface area contributed by atoms with Crippen LogP contribution in [0.4, 0.5) is 15.6 Å². The van der Waals surface area contributed by atoms with E-state index in [0.717, 1.165) is 16.0 Å². The van der Waals surface area contributed by atoms with Crippen molar-refractivity contribution in [1.29, 1.82) is 0 Å². The van der Waals surface area contributed by atoms with Gasteiger partial charge in [-0.3, -0.25) is 5.32 Å². The monoisotopic (exact) mass is 313 g/mol. The summed E-state index contributed by atoms with van der Waals surface area (Å²) in [6.07, 6.45) is 0. The number of benzene rings is 2. The van der Waals surface area contributed by atoms with Gasteiger partial charge in [-0.1, -0.05) is 23.5 Å². The molecule has 3 rings (SSSR count). The Kier molecular flexibility index (Phi) is 4.20. The fraction of sp³-hybridized carbons (Fsp3) is 0.125. The molecule has 0 atom stereocenters. The molecule has 6 heteroatoms. The summed E-state index contributed by atoms with van der Waals surface area (Å²) in [4.78, 5) is 16.3. The fourth-order valence-electron chi connectivity index (χ4n) is 1.99. The molecule has 0 bridgehead atoms.